The highest BCUT2D eigenvalue weighted by Gasteiger charge is 1.93. The van der Waals surface area contributed by atoms with Gasteiger partial charge in [0.2, 0.25) is 0 Å². The van der Waals surface area contributed by atoms with Gasteiger partial charge in [-0.05, 0) is 0 Å². The highest BCUT2D eigenvalue weighted by molar-refractivity contribution is 6.30. The van der Waals surface area contributed by atoms with Crippen molar-refractivity contribution in [1.29, 1.82) is 0 Å². The minimum atomic E-state index is -0.148. The Morgan fingerprint density at radius 1 is 0.556 bits per heavy atom. The van der Waals surface area contributed by atoms with Crippen molar-refractivity contribution in [3.8, 4) is 0 Å². The highest BCUT2D eigenvalue weighted by atomic mass is 28.2. The van der Waals surface area contributed by atoms with Crippen LogP contribution in [0.4, 0.5) is 0 Å². The Morgan fingerprint density at radius 2 is 0.889 bits per heavy atom. The molecule has 0 atom stereocenters. The lowest BCUT2D eigenvalue weighted by molar-refractivity contribution is 0.538. The van der Waals surface area contributed by atoms with Gasteiger partial charge in [-0.1, -0.05) is 103 Å². The zero-order valence-corrected chi connectivity index (χ0v) is 14.3. The lowest BCUT2D eigenvalue weighted by Crippen LogP contribution is -2.02. The second kappa shape index (κ2) is 17.2. The Bertz CT molecular complexity index is 123. The van der Waals surface area contributed by atoms with Crippen LogP contribution in [0.1, 0.15) is 96.8 Å². The average Bonchev–Trinajstić information content (AvgIpc) is 2.39. The summed E-state index contributed by atoms with van der Waals surface area (Å²) in [5, 5.41) is 5.61. The van der Waals surface area contributed by atoms with Crippen LogP contribution in [0.3, 0.4) is 0 Å². The maximum absolute atomic E-state index is 5.61. The van der Waals surface area contributed by atoms with Crippen molar-refractivity contribution in [3.05, 3.63) is 0 Å². The first-order valence-corrected chi connectivity index (χ1v) is 10.4. The predicted octanol–water partition coefficient (Wildman–Crippen LogP) is 4.93. The van der Waals surface area contributed by atoms with E-state index in [1.54, 1.807) is 0 Å². The number of hydrogen-bond donors (Lipinski definition) is 1. The molecule has 0 aliphatic heterocycles. The van der Waals surface area contributed by atoms with Gasteiger partial charge in [0, 0.05) is 0 Å². The van der Waals surface area contributed by atoms with E-state index in [4.69, 9.17) is 5.40 Å². The summed E-state index contributed by atoms with van der Waals surface area (Å²) in [6, 6.07) is 1.36. The molecule has 0 aliphatic carbocycles. The number of nitrogens with two attached hydrogens (primary N) is 1. The molecule has 0 fully saturated rings. The number of unbranched alkanes of at least 4 members (excludes halogenated alkanes) is 13. The van der Waals surface area contributed by atoms with E-state index in [-0.39, 0.29) is 9.68 Å². The first-order chi connectivity index (χ1) is 8.91. The van der Waals surface area contributed by atoms with Crippen LogP contribution in [0.15, 0.2) is 0 Å². The third-order valence-electron chi connectivity index (χ3n) is 3.81. The maximum atomic E-state index is 5.61. The summed E-state index contributed by atoms with van der Waals surface area (Å²) >= 11 is 0. The monoisotopic (exact) mass is 271 g/mol. The van der Waals surface area contributed by atoms with Crippen molar-refractivity contribution in [1.82, 2.24) is 0 Å². The number of rotatable bonds is 15. The Morgan fingerprint density at radius 3 is 1.22 bits per heavy atom. The molecule has 1 nitrogen and oxygen atoms in total. The van der Waals surface area contributed by atoms with Crippen LogP contribution in [-0.4, -0.2) is 9.68 Å². The van der Waals surface area contributed by atoms with Gasteiger partial charge in [-0.15, -0.1) is 0 Å². The van der Waals surface area contributed by atoms with Gasteiger partial charge in [0.25, 0.3) is 0 Å². The topological polar surface area (TPSA) is 26.0 Å². The minimum absolute atomic E-state index is 0.148. The molecule has 0 saturated heterocycles. The molecule has 0 spiro atoms. The van der Waals surface area contributed by atoms with E-state index in [0.29, 0.717) is 0 Å². The van der Waals surface area contributed by atoms with Crippen LogP contribution in [0.5, 0.6) is 0 Å². The van der Waals surface area contributed by atoms with E-state index in [1.807, 2.05) is 0 Å². The Labute approximate surface area is 118 Å². The minimum Gasteiger partial charge on any atom is -0.356 e. The lowest BCUT2D eigenvalue weighted by Gasteiger charge is -2.02. The Balaban J connectivity index is 2.86. The Hall–Kier alpha value is 0.177. The van der Waals surface area contributed by atoms with Gasteiger partial charge in [-0.3, -0.25) is 0 Å². The molecule has 0 aliphatic rings. The fourth-order valence-electron chi connectivity index (χ4n) is 2.52. The molecule has 0 bridgehead atoms. The molecular formula is C16H37NSi. The zero-order valence-electron chi connectivity index (χ0n) is 12.9. The first kappa shape index (κ1) is 18.2. The molecule has 0 amide bonds. The third-order valence-corrected chi connectivity index (χ3v) is 4.72. The first-order valence-electron chi connectivity index (χ1n) is 8.62. The molecular weight excluding hydrogens is 234 g/mol. The van der Waals surface area contributed by atoms with Gasteiger partial charge in [0.05, 0.1) is 9.68 Å². The van der Waals surface area contributed by atoms with E-state index in [2.05, 4.69) is 6.92 Å². The molecule has 0 unspecified atom stereocenters. The van der Waals surface area contributed by atoms with E-state index < -0.39 is 0 Å². The molecule has 0 aromatic carbocycles. The quantitative estimate of drug-likeness (QED) is 0.332. The van der Waals surface area contributed by atoms with Gasteiger partial charge >= 0.3 is 0 Å². The molecule has 18 heavy (non-hydrogen) atoms. The summed E-state index contributed by atoms with van der Waals surface area (Å²) in [7, 11) is -0.148. The van der Waals surface area contributed by atoms with Crippen LogP contribution in [-0.2, 0) is 0 Å². The summed E-state index contributed by atoms with van der Waals surface area (Å²) < 4.78 is 0. The van der Waals surface area contributed by atoms with E-state index in [0.717, 1.165) is 0 Å². The van der Waals surface area contributed by atoms with Crippen molar-refractivity contribution < 1.29 is 0 Å². The average molecular weight is 272 g/mol. The summed E-state index contributed by atoms with van der Waals surface area (Å²) in [6.07, 6.45) is 20.3. The van der Waals surface area contributed by atoms with Crippen molar-refractivity contribution in [3.63, 3.8) is 0 Å². The van der Waals surface area contributed by atoms with Gasteiger partial charge in [0.15, 0.2) is 0 Å². The number of hydrogen-bond acceptors (Lipinski definition) is 1. The fourth-order valence-corrected chi connectivity index (χ4v) is 3.16. The van der Waals surface area contributed by atoms with Crippen molar-refractivity contribution in [2.24, 2.45) is 5.40 Å². The largest absolute Gasteiger partial charge is 0.356 e. The van der Waals surface area contributed by atoms with E-state index in [1.165, 1.54) is 95.9 Å². The van der Waals surface area contributed by atoms with E-state index >= 15 is 0 Å². The van der Waals surface area contributed by atoms with Crippen molar-refractivity contribution >= 4 is 9.68 Å². The highest BCUT2D eigenvalue weighted by Crippen LogP contribution is 2.13. The maximum Gasteiger partial charge on any atom is 0.0887 e. The van der Waals surface area contributed by atoms with Crippen LogP contribution < -0.4 is 5.40 Å². The summed E-state index contributed by atoms with van der Waals surface area (Å²) in [6.45, 7) is 2.29. The lowest BCUT2D eigenvalue weighted by atomic mass is 10.0. The van der Waals surface area contributed by atoms with Crippen molar-refractivity contribution in [2.75, 3.05) is 0 Å². The second-order valence-corrected chi connectivity index (χ2v) is 7.02. The van der Waals surface area contributed by atoms with Crippen molar-refractivity contribution in [2.45, 2.75) is 103 Å². The normalized spacial score (nSPS) is 11.7. The van der Waals surface area contributed by atoms with Gasteiger partial charge < -0.3 is 5.40 Å². The molecule has 0 heterocycles. The fraction of sp³-hybridized carbons (Fsp3) is 1.00. The summed E-state index contributed by atoms with van der Waals surface area (Å²) in [5.41, 5.74) is 0. The molecule has 2 N–H and O–H groups in total. The standard InChI is InChI=1S/C16H37NSi/c1-2-3-4-5-6-7-8-9-10-11-12-13-14-15-16-18-17/h2-18H2,1H3. The van der Waals surface area contributed by atoms with Crippen LogP contribution in [0, 0.1) is 0 Å². The third kappa shape index (κ3) is 16.2. The molecule has 0 radical (unpaired) electrons. The zero-order chi connectivity index (χ0) is 13.3. The molecule has 0 aromatic rings. The predicted molar refractivity (Wildman–Crippen MR) is 87.9 cm³/mol. The molecule has 0 saturated carbocycles. The summed E-state index contributed by atoms with van der Waals surface area (Å²) in [5.74, 6) is 0. The smallest absolute Gasteiger partial charge is 0.0887 e. The molecule has 2 heteroatoms. The van der Waals surface area contributed by atoms with E-state index in [9.17, 15) is 0 Å². The molecule has 110 valence electrons. The van der Waals surface area contributed by atoms with Crippen LogP contribution in [0.25, 0.3) is 0 Å². The van der Waals surface area contributed by atoms with Crippen LogP contribution >= 0.6 is 0 Å². The van der Waals surface area contributed by atoms with Gasteiger partial charge in [-0.2, -0.15) is 0 Å². The van der Waals surface area contributed by atoms with Crippen LogP contribution in [0.2, 0.25) is 6.04 Å². The molecule has 0 aromatic heterocycles. The summed E-state index contributed by atoms with van der Waals surface area (Å²) in [4.78, 5) is 0. The molecule has 0 rings (SSSR count). The Kier molecular flexibility index (Phi) is 17.3. The van der Waals surface area contributed by atoms with Gasteiger partial charge in [0.1, 0.15) is 0 Å². The SMILES string of the molecule is CCCCCCCCCCCCCCCC[SiH2]N. The van der Waals surface area contributed by atoms with Gasteiger partial charge in [-0.25, -0.2) is 0 Å². The second-order valence-electron chi connectivity index (χ2n) is 5.74.